The van der Waals surface area contributed by atoms with Crippen LogP contribution in [0.25, 0.3) is 21.9 Å². The number of pyridine rings is 2. The van der Waals surface area contributed by atoms with Crippen molar-refractivity contribution >= 4 is 32.0 Å². The van der Waals surface area contributed by atoms with Crippen molar-refractivity contribution in [3.05, 3.63) is 40.9 Å². The van der Waals surface area contributed by atoms with E-state index in [1.165, 1.54) is 6.07 Å². The number of hydrogen-bond acceptors (Lipinski definition) is 3. The molecule has 0 spiro atoms. The summed E-state index contributed by atoms with van der Waals surface area (Å²) in [4.78, 5) is 18.4. The van der Waals surface area contributed by atoms with Gasteiger partial charge in [-0.25, -0.2) is 18.4 Å². The smallest absolute Gasteiger partial charge is 0.342 e. The normalized spacial score (nSPS) is 21.8. The molecule has 0 aliphatic carbocycles. The number of hydrogen-bond donors (Lipinski definition) is 1. The molecule has 1 saturated heterocycles. The second-order valence-corrected chi connectivity index (χ2v) is 9.44. The average Bonchev–Trinajstić information content (AvgIpc) is 3.09. The Morgan fingerprint density at radius 2 is 2.03 bits per heavy atom. The molecule has 3 aromatic heterocycles. The van der Waals surface area contributed by atoms with Crippen LogP contribution in [0, 0.1) is 5.92 Å². The van der Waals surface area contributed by atoms with Gasteiger partial charge in [0.05, 0.1) is 28.5 Å². The van der Waals surface area contributed by atoms with E-state index >= 15 is 0 Å². The Hall–Kier alpha value is -2.40. The van der Waals surface area contributed by atoms with Gasteiger partial charge in [-0.2, -0.15) is 17.5 Å². The van der Waals surface area contributed by atoms with Crippen molar-refractivity contribution in [1.82, 2.24) is 13.9 Å². The Morgan fingerprint density at radius 3 is 2.76 bits per heavy atom. The summed E-state index contributed by atoms with van der Waals surface area (Å²) in [5.41, 5.74) is 1.13. The fourth-order valence-corrected chi connectivity index (χ4v) is 5.39. The molecule has 4 heterocycles. The van der Waals surface area contributed by atoms with Gasteiger partial charge in [0.2, 0.25) is 10.0 Å². The molecule has 1 aliphatic heterocycles. The molecule has 11 heteroatoms. The summed E-state index contributed by atoms with van der Waals surface area (Å²) in [7, 11) is -4.48. The molecule has 4 rings (SSSR count). The molecule has 3 aromatic rings. The molecule has 2 atom stereocenters. The van der Waals surface area contributed by atoms with Gasteiger partial charge in [-0.15, -0.1) is 0 Å². The minimum atomic E-state index is -4.80. The van der Waals surface area contributed by atoms with E-state index in [9.17, 15) is 26.4 Å². The Morgan fingerprint density at radius 1 is 1.28 bits per heavy atom. The summed E-state index contributed by atoms with van der Waals surface area (Å²) in [6.07, 6.45) is 0.517. The summed E-state index contributed by atoms with van der Waals surface area (Å²) in [5, 5.41) is 1.18. The lowest BCUT2D eigenvalue weighted by Gasteiger charge is -2.38. The van der Waals surface area contributed by atoms with Crippen molar-refractivity contribution in [3.8, 4) is 0 Å². The fraction of sp³-hybridized carbons (Fsp3) is 0.444. The molecule has 7 nitrogen and oxygen atoms in total. The molecule has 2 N–H and O–H groups in total. The van der Waals surface area contributed by atoms with Crippen LogP contribution in [0.4, 0.5) is 13.2 Å². The van der Waals surface area contributed by atoms with Gasteiger partial charge in [0.15, 0.2) is 11.2 Å². The van der Waals surface area contributed by atoms with Crippen molar-refractivity contribution < 1.29 is 26.6 Å². The monoisotopic (exact) mass is 429 g/mol. The van der Waals surface area contributed by atoms with E-state index < -0.39 is 28.0 Å². The minimum Gasteiger partial charge on any atom is -0.342 e. The van der Waals surface area contributed by atoms with E-state index in [2.05, 4.69) is 9.97 Å². The topological polar surface area (TPSA) is 89.3 Å². The highest BCUT2D eigenvalue weighted by molar-refractivity contribution is 7.89. The number of rotatable bonds is 3. The van der Waals surface area contributed by atoms with E-state index in [0.717, 1.165) is 9.69 Å². The summed E-state index contributed by atoms with van der Waals surface area (Å²) < 4.78 is 65.6. The number of H-pyrrole nitrogens is 2. The first-order valence-corrected chi connectivity index (χ1v) is 10.7. The van der Waals surface area contributed by atoms with E-state index in [1.807, 2.05) is 11.5 Å². The molecule has 0 saturated carbocycles. The lowest BCUT2D eigenvalue weighted by molar-refractivity contribution is -0.345. The van der Waals surface area contributed by atoms with Gasteiger partial charge < -0.3 is 4.57 Å². The second kappa shape index (κ2) is 6.84. The first-order valence-electron chi connectivity index (χ1n) is 9.14. The highest BCUT2D eigenvalue weighted by atomic mass is 32.2. The molecule has 0 unspecified atom stereocenters. The number of alkyl halides is 3. The van der Waals surface area contributed by atoms with Gasteiger partial charge >= 0.3 is 6.18 Å². The van der Waals surface area contributed by atoms with Gasteiger partial charge in [-0.3, -0.25) is 4.79 Å². The van der Waals surface area contributed by atoms with Crippen LogP contribution in [0.3, 0.4) is 0 Å². The molecule has 1 fully saturated rings. The lowest BCUT2D eigenvalue weighted by Crippen LogP contribution is -2.46. The van der Waals surface area contributed by atoms with Gasteiger partial charge in [0.1, 0.15) is 6.20 Å². The van der Waals surface area contributed by atoms with Crippen LogP contribution in [-0.2, 0) is 10.0 Å². The zero-order valence-electron chi connectivity index (χ0n) is 15.5. The molecule has 156 valence electrons. The number of nitrogens with one attached hydrogen (secondary N) is 2. The summed E-state index contributed by atoms with van der Waals surface area (Å²) in [6.45, 7) is 1.90. The van der Waals surface area contributed by atoms with Crippen molar-refractivity contribution in [2.24, 2.45) is 5.92 Å². The van der Waals surface area contributed by atoms with Crippen molar-refractivity contribution in [2.75, 3.05) is 18.8 Å². The standard InChI is InChI=1S/C18H19F3N4O3S/c1-11-3-6-24(29(27,28)10-18(19,20)21)9-14(11)25-7-4-15(26)13-8-23-17-12(16(13)25)2-5-22-17/h2,4-5,7-8,11,14H,3,6,9-10H2,1H3,(H,22,23)/p+1/t11-,14+/m1/s1. The molecule has 0 aromatic carbocycles. The van der Waals surface area contributed by atoms with Crippen LogP contribution in [0.15, 0.2) is 35.5 Å². The van der Waals surface area contributed by atoms with Gasteiger partial charge in [-0.1, -0.05) is 6.92 Å². The van der Waals surface area contributed by atoms with Crippen molar-refractivity contribution in [1.29, 1.82) is 0 Å². The quantitative estimate of drug-likeness (QED) is 0.691. The first-order chi connectivity index (χ1) is 13.6. The van der Waals surface area contributed by atoms with Gasteiger partial charge in [-0.05, 0) is 18.4 Å². The Labute approximate surface area is 164 Å². The number of aromatic nitrogens is 3. The number of sulfonamides is 1. The maximum Gasteiger partial charge on any atom is 0.404 e. The Bertz CT molecular complexity index is 1230. The van der Waals surface area contributed by atoms with Gasteiger partial charge in [0.25, 0.3) is 5.65 Å². The van der Waals surface area contributed by atoms with Crippen LogP contribution in [0.2, 0.25) is 0 Å². The van der Waals surface area contributed by atoms with Crippen molar-refractivity contribution in [2.45, 2.75) is 25.6 Å². The van der Waals surface area contributed by atoms with Crippen LogP contribution < -0.4 is 10.4 Å². The third kappa shape index (κ3) is 3.64. The first kappa shape index (κ1) is 19.9. The predicted molar refractivity (Wildman–Crippen MR) is 101 cm³/mol. The molecule has 1 aliphatic rings. The summed E-state index contributed by atoms with van der Waals surface area (Å²) >= 11 is 0. The SMILES string of the molecule is C[C@@H]1CCN(S(=O)(=O)CC(F)(F)F)C[C@@H]1n1ccc(=O)c2c[nH+]c3[nH]ccc3c21. The molecular formula is C18H20F3N4O3S+. The number of fused-ring (bicyclic) bond motifs is 3. The number of nitrogens with zero attached hydrogens (tertiary/aromatic N) is 2. The maximum absolute atomic E-state index is 12.7. The predicted octanol–water partition coefficient (Wildman–Crippen LogP) is 2.07. The second-order valence-electron chi connectivity index (χ2n) is 7.47. The maximum atomic E-state index is 12.7. The Kier molecular flexibility index (Phi) is 4.69. The molecule has 0 amide bonds. The summed E-state index contributed by atoms with van der Waals surface area (Å²) in [5.74, 6) is -1.86. The van der Waals surface area contributed by atoms with E-state index in [-0.39, 0.29) is 24.4 Å². The molecular weight excluding hydrogens is 409 g/mol. The van der Waals surface area contributed by atoms with E-state index in [4.69, 9.17) is 0 Å². The molecule has 0 radical (unpaired) electrons. The summed E-state index contributed by atoms with van der Waals surface area (Å²) in [6, 6.07) is 2.79. The van der Waals surface area contributed by atoms with Crippen LogP contribution >= 0.6 is 0 Å². The van der Waals surface area contributed by atoms with Gasteiger partial charge in [0, 0.05) is 25.4 Å². The number of halogens is 3. The fourth-order valence-electron chi connectivity index (χ4n) is 4.03. The molecule has 0 bridgehead atoms. The zero-order valence-corrected chi connectivity index (χ0v) is 16.3. The number of aromatic amines is 2. The van der Waals surface area contributed by atoms with E-state index in [0.29, 0.717) is 23.0 Å². The zero-order chi connectivity index (χ0) is 21.0. The lowest BCUT2D eigenvalue weighted by atomic mass is 9.94. The van der Waals surface area contributed by atoms with Crippen LogP contribution in [0.1, 0.15) is 19.4 Å². The number of piperidine rings is 1. The Balaban J connectivity index is 1.81. The highest BCUT2D eigenvalue weighted by Gasteiger charge is 2.41. The van der Waals surface area contributed by atoms with Crippen molar-refractivity contribution in [3.63, 3.8) is 0 Å². The average molecular weight is 429 g/mol. The third-order valence-corrected chi connectivity index (χ3v) is 7.32. The highest BCUT2D eigenvalue weighted by Crippen LogP contribution is 2.33. The molecule has 29 heavy (non-hydrogen) atoms. The minimum absolute atomic E-state index is 0.0104. The largest absolute Gasteiger partial charge is 0.404 e. The van der Waals surface area contributed by atoms with Crippen LogP contribution in [0.5, 0.6) is 0 Å². The van der Waals surface area contributed by atoms with Crippen LogP contribution in [-0.4, -0.2) is 47.3 Å². The third-order valence-electron chi connectivity index (χ3n) is 5.51. The van der Waals surface area contributed by atoms with E-state index in [1.54, 1.807) is 24.7 Å².